The van der Waals surface area contributed by atoms with E-state index in [0.29, 0.717) is 22.0 Å². The number of thiazole rings is 1. The molecule has 0 saturated carbocycles. The van der Waals surface area contributed by atoms with E-state index in [4.69, 9.17) is 9.15 Å². The van der Waals surface area contributed by atoms with Gasteiger partial charge in [0.1, 0.15) is 11.3 Å². The second-order valence-electron chi connectivity index (χ2n) is 7.71. The molecule has 0 saturated heterocycles. The lowest BCUT2D eigenvalue weighted by Gasteiger charge is -2.04. The summed E-state index contributed by atoms with van der Waals surface area (Å²) in [6, 6.07) is 19.5. The van der Waals surface area contributed by atoms with Crippen molar-refractivity contribution in [2.75, 3.05) is 12.5 Å². The third kappa shape index (κ3) is 3.50. The predicted molar refractivity (Wildman–Crippen MR) is 137 cm³/mol. The molecule has 0 aliphatic heterocycles. The molecule has 7 nitrogen and oxygen atoms in total. The number of aromatic nitrogens is 2. The van der Waals surface area contributed by atoms with Gasteiger partial charge in [-0.15, -0.1) is 11.3 Å². The second kappa shape index (κ2) is 8.17. The monoisotopic (exact) mass is 466 g/mol. The molecule has 3 aromatic carbocycles. The normalized spacial score (nSPS) is 11.7. The largest absolute Gasteiger partial charge is 0.497 e. The maximum Gasteiger partial charge on any atom is 0.345 e. The highest BCUT2D eigenvalue weighted by molar-refractivity contribution is 7.14. The van der Waals surface area contributed by atoms with Crippen molar-refractivity contribution in [2.24, 2.45) is 5.10 Å². The fraction of sp³-hybridized carbons (Fsp3) is 0.0385. The number of hydrogen-bond acceptors (Lipinski definition) is 7. The second-order valence-corrected chi connectivity index (χ2v) is 8.57. The van der Waals surface area contributed by atoms with Crippen molar-refractivity contribution in [2.45, 2.75) is 0 Å². The molecular formula is C26H18N4O3S. The van der Waals surface area contributed by atoms with Gasteiger partial charge in [-0.05, 0) is 41.1 Å². The van der Waals surface area contributed by atoms with Gasteiger partial charge in [0.2, 0.25) is 5.13 Å². The van der Waals surface area contributed by atoms with Gasteiger partial charge in [-0.3, -0.25) is 5.43 Å². The van der Waals surface area contributed by atoms with E-state index in [-0.39, 0.29) is 0 Å². The minimum atomic E-state index is -0.420. The van der Waals surface area contributed by atoms with Crippen molar-refractivity contribution >= 4 is 55.3 Å². The molecule has 0 aliphatic rings. The lowest BCUT2D eigenvalue weighted by molar-refractivity contribution is 0.415. The lowest BCUT2D eigenvalue weighted by atomic mass is 10.0. The van der Waals surface area contributed by atoms with Crippen molar-refractivity contribution in [1.82, 2.24) is 9.97 Å². The number of H-pyrrole nitrogens is 1. The van der Waals surface area contributed by atoms with E-state index >= 15 is 0 Å². The SMILES string of the molecule is COc1ccc2[nH]cc(/C=N/Nc3nc(-c4cc5c(ccc6ccccc65)oc4=O)cs3)c2c1. The zero-order chi connectivity index (χ0) is 23.1. The van der Waals surface area contributed by atoms with Crippen molar-refractivity contribution in [3.63, 3.8) is 0 Å². The average molecular weight is 467 g/mol. The highest BCUT2D eigenvalue weighted by Crippen LogP contribution is 2.29. The molecule has 0 fully saturated rings. The van der Waals surface area contributed by atoms with Crippen LogP contribution in [0.3, 0.4) is 0 Å². The molecule has 0 aliphatic carbocycles. The molecule has 2 N–H and O–H groups in total. The topological polar surface area (TPSA) is 92.5 Å². The molecular weight excluding hydrogens is 448 g/mol. The van der Waals surface area contributed by atoms with Crippen LogP contribution < -0.4 is 15.8 Å². The summed E-state index contributed by atoms with van der Waals surface area (Å²) in [6.45, 7) is 0. The van der Waals surface area contributed by atoms with Gasteiger partial charge in [0.25, 0.3) is 0 Å². The Balaban J connectivity index is 1.30. The number of rotatable bonds is 5. The van der Waals surface area contributed by atoms with Gasteiger partial charge in [0, 0.05) is 33.4 Å². The summed E-state index contributed by atoms with van der Waals surface area (Å²) in [5.41, 5.74) is 5.96. The fourth-order valence-corrected chi connectivity index (χ4v) is 4.67. The summed E-state index contributed by atoms with van der Waals surface area (Å²) < 4.78 is 10.9. The van der Waals surface area contributed by atoms with E-state index in [0.717, 1.165) is 38.4 Å². The van der Waals surface area contributed by atoms with Crippen LogP contribution in [0.2, 0.25) is 0 Å². The molecule has 0 radical (unpaired) electrons. The number of fused-ring (bicyclic) bond motifs is 4. The molecule has 3 heterocycles. The third-order valence-corrected chi connectivity index (χ3v) is 6.45. The summed E-state index contributed by atoms with van der Waals surface area (Å²) in [7, 11) is 1.64. The van der Waals surface area contributed by atoms with Crippen molar-refractivity contribution in [1.29, 1.82) is 0 Å². The Hall–Kier alpha value is -4.43. The highest BCUT2D eigenvalue weighted by atomic mass is 32.1. The number of hydrazone groups is 1. The number of ether oxygens (including phenoxy) is 1. The average Bonchev–Trinajstić information content (AvgIpc) is 3.50. The first kappa shape index (κ1) is 20.2. The van der Waals surface area contributed by atoms with Crippen LogP contribution in [0.4, 0.5) is 5.13 Å². The van der Waals surface area contributed by atoms with E-state index in [9.17, 15) is 4.79 Å². The molecule has 34 heavy (non-hydrogen) atoms. The summed E-state index contributed by atoms with van der Waals surface area (Å²) >= 11 is 1.36. The summed E-state index contributed by atoms with van der Waals surface area (Å²) in [5.74, 6) is 0.779. The predicted octanol–water partition coefficient (Wildman–Crippen LogP) is 6.01. The molecule has 3 aromatic heterocycles. The number of anilines is 1. The third-order valence-electron chi connectivity index (χ3n) is 5.71. The molecule has 0 atom stereocenters. The van der Waals surface area contributed by atoms with Crippen LogP contribution in [-0.2, 0) is 0 Å². The molecule has 6 aromatic rings. The minimum absolute atomic E-state index is 0.417. The Morgan fingerprint density at radius 2 is 2.00 bits per heavy atom. The molecule has 0 bridgehead atoms. The standard InChI is InChI=1S/C26H18N4O3S/c1-32-17-7-8-22-19(10-17)16(12-27-22)13-28-30-26-29-23(14-34-26)21-11-20-18-5-3-2-4-15(18)6-9-24(20)33-25(21)31/h2-14,27H,1H3,(H,29,30)/b28-13+. The Bertz CT molecular complexity index is 1760. The van der Waals surface area contributed by atoms with Crippen molar-refractivity contribution in [3.8, 4) is 17.0 Å². The summed E-state index contributed by atoms with van der Waals surface area (Å²) in [6.07, 6.45) is 3.60. The minimum Gasteiger partial charge on any atom is -0.497 e. The van der Waals surface area contributed by atoms with Gasteiger partial charge in [0.15, 0.2) is 0 Å². The smallest absolute Gasteiger partial charge is 0.345 e. The molecule has 0 amide bonds. The first-order valence-corrected chi connectivity index (χ1v) is 11.4. The maximum absolute atomic E-state index is 12.7. The van der Waals surface area contributed by atoms with Crippen LogP contribution in [0, 0.1) is 0 Å². The van der Waals surface area contributed by atoms with Crippen LogP contribution in [0.5, 0.6) is 5.75 Å². The Kier molecular flexibility index (Phi) is 4.85. The quantitative estimate of drug-likeness (QED) is 0.141. The van der Waals surface area contributed by atoms with Gasteiger partial charge in [-0.25, -0.2) is 9.78 Å². The van der Waals surface area contributed by atoms with Gasteiger partial charge in [-0.1, -0.05) is 30.3 Å². The van der Waals surface area contributed by atoms with E-state index in [1.54, 1.807) is 13.3 Å². The van der Waals surface area contributed by atoms with Crippen LogP contribution >= 0.6 is 11.3 Å². The molecule has 166 valence electrons. The zero-order valence-corrected chi connectivity index (χ0v) is 18.8. The molecule has 8 heteroatoms. The van der Waals surface area contributed by atoms with Crippen LogP contribution in [0.1, 0.15) is 5.56 Å². The van der Waals surface area contributed by atoms with Crippen molar-refractivity contribution in [3.05, 3.63) is 88.2 Å². The summed E-state index contributed by atoms with van der Waals surface area (Å²) in [4.78, 5) is 20.4. The van der Waals surface area contributed by atoms with Crippen LogP contribution in [-0.4, -0.2) is 23.3 Å². The van der Waals surface area contributed by atoms with Gasteiger partial charge in [0.05, 0.1) is 24.6 Å². The first-order valence-electron chi connectivity index (χ1n) is 10.6. The number of hydrogen-bond donors (Lipinski definition) is 2. The van der Waals surface area contributed by atoms with Gasteiger partial charge >= 0.3 is 5.63 Å². The lowest BCUT2D eigenvalue weighted by Crippen LogP contribution is -2.03. The van der Waals surface area contributed by atoms with Crippen LogP contribution in [0.25, 0.3) is 43.9 Å². The van der Waals surface area contributed by atoms with E-state index in [1.165, 1.54) is 11.3 Å². The zero-order valence-electron chi connectivity index (χ0n) is 18.0. The molecule has 6 rings (SSSR count). The van der Waals surface area contributed by atoms with E-state index < -0.39 is 5.63 Å². The number of nitrogens with one attached hydrogen (secondary N) is 2. The van der Waals surface area contributed by atoms with Gasteiger partial charge < -0.3 is 14.1 Å². The first-order chi connectivity index (χ1) is 16.7. The Morgan fingerprint density at radius 3 is 2.91 bits per heavy atom. The van der Waals surface area contributed by atoms with Crippen LogP contribution in [0.15, 0.2) is 86.6 Å². The van der Waals surface area contributed by atoms with Gasteiger partial charge in [-0.2, -0.15) is 5.10 Å². The maximum atomic E-state index is 12.7. The Morgan fingerprint density at radius 1 is 1.09 bits per heavy atom. The van der Waals surface area contributed by atoms with Crippen molar-refractivity contribution < 1.29 is 9.15 Å². The fourth-order valence-electron chi connectivity index (χ4n) is 4.01. The highest BCUT2D eigenvalue weighted by Gasteiger charge is 2.13. The number of benzene rings is 3. The Labute approximate surface area is 197 Å². The summed E-state index contributed by atoms with van der Waals surface area (Å²) in [5, 5.41) is 10.7. The van der Waals surface area contributed by atoms with E-state index in [1.807, 2.05) is 72.2 Å². The number of methoxy groups -OCH3 is 1. The number of nitrogens with zero attached hydrogens (tertiary/aromatic N) is 2. The number of aromatic amines is 1. The molecule has 0 spiro atoms. The van der Waals surface area contributed by atoms with E-state index in [2.05, 4.69) is 20.5 Å². The molecule has 0 unspecified atom stereocenters.